The maximum atomic E-state index is 12.0. The summed E-state index contributed by atoms with van der Waals surface area (Å²) in [5, 5.41) is 5.86. The maximum absolute atomic E-state index is 12.0. The molecule has 0 saturated carbocycles. The van der Waals surface area contributed by atoms with Gasteiger partial charge in [-0.15, -0.1) is 0 Å². The molecule has 1 saturated heterocycles. The van der Waals surface area contributed by atoms with Crippen molar-refractivity contribution in [3.8, 4) is 0 Å². The fraction of sp³-hybridized carbons (Fsp3) is 0.846. The van der Waals surface area contributed by atoms with Crippen LogP contribution >= 0.6 is 0 Å². The van der Waals surface area contributed by atoms with Gasteiger partial charge in [-0.1, -0.05) is 13.8 Å². The molecule has 0 unspecified atom stereocenters. The van der Waals surface area contributed by atoms with E-state index in [0.29, 0.717) is 19.0 Å². The van der Waals surface area contributed by atoms with Crippen molar-refractivity contribution in [2.45, 2.75) is 26.3 Å². The molecule has 0 aromatic carbocycles. The van der Waals surface area contributed by atoms with Crippen molar-refractivity contribution in [2.75, 3.05) is 46.3 Å². The third kappa shape index (κ3) is 6.02. The predicted molar refractivity (Wildman–Crippen MR) is 74.8 cm³/mol. The Bertz CT molecular complexity index is 299. The highest BCUT2D eigenvalue weighted by atomic mass is 16.2. The van der Waals surface area contributed by atoms with Crippen LogP contribution in [0.5, 0.6) is 0 Å². The van der Waals surface area contributed by atoms with E-state index >= 15 is 0 Å². The third-order valence-corrected chi connectivity index (χ3v) is 3.26. The van der Waals surface area contributed by atoms with Gasteiger partial charge in [0.2, 0.25) is 11.8 Å². The van der Waals surface area contributed by atoms with Crippen LogP contribution in [0, 0.1) is 0 Å². The van der Waals surface area contributed by atoms with E-state index in [-0.39, 0.29) is 11.8 Å². The second kappa shape index (κ2) is 8.12. The average molecular weight is 270 g/mol. The van der Waals surface area contributed by atoms with Gasteiger partial charge in [0.1, 0.15) is 0 Å². The van der Waals surface area contributed by atoms with Crippen molar-refractivity contribution in [1.29, 1.82) is 0 Å². The van der Waals surface area contributed by atoms with Gasteiger partial charge in [-0.25, -0.2) is 0 Å². The van der Waals surface area contributed by atoms with Crippen molar-refractivity contribution < 1.29 is 9.59 Å². The molecule has 19 heavy (non-hydrogen) atoms. The lowest BCUT2D eigenvalue weighted by molar-refractivity contribution is -0.133. The zero-order chi connectivity index (χ0) is 14.3. The van der Waals surface area contributed by atoms with Crippen LogP contribution in [-0.4, -0.2) is 74.0 Å². The Kier molecular flexibility index (Phi) is 6.80. The van der Waals surface area contributed by atoms with Gasteiger partial charge in [0.15, 0.2) is 0 Å². The topological polar surface area (TPSA) is 64.7 Å². The highest BCUT2D eigenvalue weighted by Gasteiger charge is 2.21. The van der Waals surface area contributed by atoms with E-state index in [1.165, 1.54) is 0 Å². The van der Waals surface area contributed by atoms with E-state index in [4.69, 9.17) is 0 Å². The largest absolute Gasteiger partial charge is 0.358 e. The third-order valence-electron chi connectivity index (χ3n) is 3.26. The first kappa shape index (κ1) is 15.9. The second-order valence-electron chi connectivity index (χ2n) is 5.19. The zero-order valence-electron chi connectivity index (χ0n) is 12.2. The molecule has 1 aliphatic heterocycles. The van der Waals surface area contributed by atoms with Crippen molar-refractivity contribution in [1.82, 2.24) is 20.4 Å². The van der Waals surface area contributed by atoms with Crippen LogP contribution in [0.4, 0.5) is 0 Å². The maximum Gasteiger partial charge on any atom is 0.233 e. The minimum Gasteiger partial charge on any atom is -0.358 e. The van der Waals surface area contributed by atoms with Gasteiger partial charge in [-0.3, -0.25) is 14.5 Å². The van der Waals surface area contributed by atoms with Gasteiger partial charge in [-0.2, -0.15) is 0 Å². The van der Waals surface area contributed by atoms with E-state index < -0.39 is 0 Å². The molecule has 6 nitrogen and oxygen atoms in total. The Morgan fingerprint density at radius 3 is 2.32 bits per heavy atom. The number of hydrogen-bond acceptors (Lipinski definition) is 4. The lowest BCUT2D eigenvalue weighted by Gasteiger charge is -2.34. The van der Waals surface area contributed by atoms with E-state index in [9.17, 15) is 9.59 Å². The van der Waals surface area contributed by atoms with Gasteiger partial charge < -0.3 is 15.5 Å². The molecule has 2 N–H and O–H groups in total. The number of nitrogens with zero attached hydrogens (tertiary/aromatic N) is 2. The van der Waals surface area contributed by atoms with Crippen molar-refractivity contribution >= 4 is 11.8 Å². The summed E-state index contributed by atoms with van der Waals surface area (Å²) in [6.07, 6.45) is 0.549. The monoisotopic (exact) mass is 270 g/mol. The van der Waals surface area contributed by atoms with Gasteiger partial charge >= 0.3 is 0 Å². The SMILES string of the molecule is CNC(=O)CN1CCN(C(=O)CCNC(C)C)CC1. The lowest BCUT2D eigenvalue weighted by atomic mass is 10.2. The molecule has 0 aliphatic carbocycles. The summed E-state index contributed by atoms with van der Waals surface area (Å²) in [6, 6.07) is 0.414. The normalized spacial score (nSPS) is 16.7. The van der Waals surface area contributed by atoms with Gasteiger partial charge in [0.25, 0.3) is 0 Å². The van der Waals surface area contributed by atoms with Crippen LogP contribution in [0.2, 0.25) is 0 Å². The first-order valence-corrected chi connectivity index (χ1v) is 6.97. The Balaban J connectivity index is 2.21. The predicted octanol–water partition coefficient (Wildman–Crippen LogP) is -0.735. The Morgan fingerprint density at radius 1 is 1.16 bits per heavy atom. The number of amides is 2. The molecule has 1 heterocycles. The minimum absolute atomic E-state index is 0.0286. The number of likely N-dealkylation sites (N-methyl/N-ethyl adjacent to an activating group) is 1. The number of carbonyl (C=O) groups is 2. The quantitative estimate of drug-likeness (QED) is 0.667. The molecule has 0 radical (unpaired) electrons. The molecule has 110 valence electrons. The molecule has 6 heteroatoms. The van der Waals surface area contributed by atoms with E-state index in [0.717, 1.165) is 32.7 Å². The summed E-state index contributed by atoms with van der Waals surface area (Å²) in [7, 11) is 1.64. The van der Waals surface area contributed by atoms with E-state index in [1.807, 2.05) is 4.90 Å². The Hall–Kier alpha value is -1.14. The first-order valence-electron chi connectivity index (χ1n) is 6.97. The fourth-order valence-electron chi connectivity index (χ4n) is 2.06. The van der Waals surface area contributed by atoms with E-state index in [1.54, 1.807) is 7.05 Å². The summed E-state index contributed by atoms with van der Waals surface area (Å²) < 4.78 is 0. The summed E-state index contributed by atoms with van der Waals surface area (Å²) in [5.41, 5.74) is 0. The molecule has 0 aromatic heterocycles. The van der Waals surface area contributed by atoms with Crippen LogP contribution < -0.4 is 10.6 Å². The van der Waals surface area contributed by atoms with Crippen LogP contribution in [0.3, 0.4) is 0 Å². The van der Waals surface area contributed by atoms with Crippen molar-refractivity contribution in [3.05, 3.63) is 0 Å². The van der Waals surface area contributed by atoms with Crippen molar-refractivity contribution in [3.63, 3.8) is 0 Å². The Morgan fingerprint density at radius 2 is 1.79 bits per heavy atom. The van der Waals surface area contributed by atoms with Crippen molar-refractivity contribution in [2.24, 2.45) is 0 Å². The second-order valence-corrected chi connectivity index (χ2v) is 5.19. The zero-order valence-corrected chi connectivity index (χ0v) is 12.2. The summed E-state index contributed by atoms with van der Waals surface area (Å²) in [5.74, 6) is 0.230. The average Bonchev–Trinajstić information content (AvgIpc) is 2.38. The van der Waals surface area contributed by atoms with Crippen LogP contribution in [0.25, 0.3) is 0 Å². The molecular weight excluding hydrogens is 244 g/mol. The van der Waals surface area contributed by atoms with E-state index in [2.05, 4.69) is 29.4 Å². The number of carbonyl (C=O) groups excluding carboxylic acids is 2. The molecule has 1 aliphatic rings. The lowest BCUT2D eigenvalue weighted by Crippen LogP contribution is -2.51. The number of hydrogen-bond donors (Lipinski definition) is 2. The molecule has 2 amide bonds. The summed E-state index contributed by atoms with van der Waals surface area (Å²) >= 11 is 0. The minimum atomic E-state index is 0.0286. The van der Waals surface area contributed by atoms with Crippen LogP contribution in [0.1, 0.15) is 20.3 Å². The molecule has 0 spiro atoms. The standard InChI is InChI=1S/C13H26N4O2/c1-11(2)15-5-4-13(19)17-8-6-16(7-9-17)10-12(18)14-3/h11,15H,4-10H2,1-3H3,(H,14,18). The highest BCUT2D eigenvalue weighted by Crippen LogP contribution is 2.03. The van der Waals surface area contributed by atoms with Gasteiger partial charge in [-0.05, 0) is 0 Å². The molecule has 0 atom stereocenters. The van der Waals surface area contributed by atoms with Crippen LogP contribution in [-0.2, 0) is 9.59 Å². The molecular formula is C13H26N4O2. The molecule has 1 fully saturated rings. The number of nitrogens with one attached hydrogen (secondary N) is 2. The number of piperazine rings is 1. The van der Waals surface area contributed by atoms with Crippen LogP contribution in [0.15, 0.2) is 0 Å². The van der Waals surface area contributed by atoms with Gasteiger partial charge in [0, 0.05) is 52.2 Å². The summed E-state index contributed by atoms with van der Waals surface area (Å²) in [4.78, 5) is 27.2. The first-order chi connectivity index (χ1) is 9.02. The fourth-order valence-corrected chi connectivity index (χ4v) is 2.06. The smallest absolute Gasteiger partial charge is 0.233 e. The molecule has 0 aromatic rings. The highest BCUT2D eigenvalue weighted by molar-refractivity contribution is 5.78. The number of rotatable bonds is 6. The molecule has 1 rings (SSSR count). The molecule has 0 bridgehead atoms. The summed E-state index contributed by atoms with van der Waals surface area (Å²) in [6.45, 7) is 8.29. The Labute approximate surface area is 115 Å². The van der Waals surface area contributed by atoms with Gasteiger partial charge in [0.05, 0.1) is 6.54 Å².